The average molecular weight is 797 g/mol. The highest BCUT2D eigenvalue weighted by Crippen LogP contribution is 2.35. The van der Waals surface area contributed by atoms with Crippen LogP contribution in [0, 0.1) is 25.5 Å². The molecule has 4 atom stereocenters. The molecule has 6 rings (SSSR count). The maximum Gasteiger partial charge on any atom is 0.410 e. The minimum atomic E-state index is -0.400. The third kappa shape index (κ3) is 12.1. The van der Waals surface area contributed by atoms with Gasteiger partial charge >= 0.3 is 12.2 Å². The molecule has 0 saturated carbocycles. The lowest BCUT2D eigenvalue weighted by Crippen LogP contribution is -2.48. The summed E-state index contributed by atoms with van der Waals surface area (Å²) in [5.41, 5.74) is 5.13. The molecule has 12 heteroatoms. The Morgan fingerprint density at radius 3 is 1.33 bits per heavy atom. The van der Waals surface area contributed by atoms with Gasteiger partial charge in [0.25, 0.3) is 0 Å². The average Bonchev–Trinajstić information content (AvgIpc) is 3.23. The number of nitrogens with zero attached hydrogens (tertiary/aromatic N) is 2. The molecule has 10 nitrogen and oxygen atoms in total. The molecule has 2 N–H and O–H groups in total. The van der Waals surface area contributed by atoms with Gasteiger partial charge in [-0.3, -0.25) is 9.59 Å². The fourth-order valence-electron chi connectivity index (χ4n) is 7.51. The molecule has 2 aliphatic rings. The Kier molecular flexibility index (Phi) is 15.8. The molecule has 2 aliphatic heterocycles. The summed E-state index contributed by atoms with van der Waals surface area (Å²) in [6.45, 7) is 8.61. The van der Waals surface area contributed by atoms with Crippen molar-refractivity contribution in [3.63, 3.8) is 0 Å². The van der Waals surface area contributed by atoms with Crippen molar-refractivity contribution >= 4 is 24.0 Å². The Labute approximate surface area is 339 Å². The molecule has 4 amide bonds. The van der Waals surface area contributed by atoms with E-state index < -0.39 is 12.2 Å². The van der Waals surface area contributed by atoms with Crippen LogP contribution in [0.25, 0.3) is 0 Å². The van der Waals surface area contributed by atoms with Crippen LogP contribution >= 0.6 is 0 Å². The van der Waals surface area contributed by atoms with E-state index in [1.807, 2.05) is 88.4 Å². The number of hydrogen-bond acceptors (Lipinski definition) is 6. The Balaban J connectivity index is 0.000000221. The van der Waals surface area contributed by atoms with Crippen molar-refractivity contribution in [1.82, 2.24) is 20.4 Å². The van der Waals surface area contributed by atoms with Gasteiger partial charge in [0, 0.05) is 38.0 Å². The largest absolute Gasteiger partial charge is 0.445 e. The van der Waals surface area contributed by atoms with Gasteiger partial charge in [0.2, 0.25) is 11.8 Å². The number of nitrogens with one attached hydrogen (secondary N) is 2. The highest BCUT2D eigenvalue weighted by Gasteiger charge is 2.36. The number of rotatable bonds is 10. The van der Waals surface area contributed by atoms with Crippen molar-refractivity contribution in [2.24, 2.45) is 0 Å². The molecular formula is C46H54F2N4O6. The van der Waals surface area contributed by atoms with E-state index in [-0.39, 0.29) is 60.8 Å². The van der Waals surface area contributed by atoms with E-state index in [4.69, 9.17) is 9.47 Å². The van der Waals surface area contributed by atoms with Gasteiger partial charge in [0.15, 0.2) is 0 Å². The second kappa shape index (κ2) is 21.1. The first kappa shape index (κ1) is 43.3. The summed E-state index contributed by atoms with van der Waals surface area (Å²) in [5.74, 6) is -0.637. The fourth-order valence-corrected chi connectivity index (χ4v) is 7.51. The molecule has 2 fully saturated rings. The van der Waals surface area contributed by atoms with Crippen LogP contribution in [-0.4, -0.2) is 59.0 Å². The molecule has 0 radical (unpaired) electrons. The minimum Gasteiger partial charge on any atom is -0.445 e. The number of benzene rings is 4. The predicted octanol–water partition coefficient (Wildman–Crippen LogP) is 9.01. The molecule has 0 bridgehead atoms. The molecule has 58 heavy (non-hydrogen) atoms. The summed E-state index contributed by atoms with van der Waals surface area (Å²) in [4.78, 5) is 52.8. The van der Waals surface area contributed by atoms with E-state index in [1.54, 1.807) is 21.9 Å². The zero-order chi connectivity index (χ0) is 41.6. The Hall–Kier alpha value is -5.78. The number of likely N-dealkylation sites (tertiary alicyclic amines) is 2. The van der Waals surface area contributed by atoms with E-state index in [1.165, 1.54) is 24.3 Å². The first-order valence-electron chi connectivity index (χ1n) is 20.0. The van der Waals surface area contributed by atoms with Crippen molar-refractivity contribution in [2.75, 3.05) is 13.1 Å². The van der Waals surface area contributed by atoms with Crippen LogP contribution < -0.4 is 10.6 Å². The zero-order valence-corrected chi connectivity index (χ0v) is 33.7. The van der Waals surface area contributed by atoms with E-state index in [9.17, 15) is 28.0 Å². The quantitative estimate of drug-likeness (QED) is 0.166. The molecule has 308 valence electrons. The van der Waals surface area contributed by atoms with Crippen LogP contribution in [0.2, 0.25) is 0 Å². The summed E-state index contributed by atoms with van der Waals surface area (Å²) >= 11 is 0. The predicted molar refractivity (Wildman–Crippen MR) is 217 cm³/mol. The SMILES string of the molecule is CCC(=O)N[C@@H]1CCN(C(=O)OCc2ccccc2)[C@@H](c2ccc(F)cc2C)C1.CCC(=O)N[C@H]1CCN(C(=O)OCc2ccccc2)[C@H](c2ccc(F)cc2C)C1. The minimum absolute atomic E-state index is 0.00955. The van der Waals surface area contributed by atoms with E-state index in [0.29, 0.717) is 51.6 Å². The number of aryl methyl sites for hydroxylation is 2. The molecule has 0 aliphatic carbocycles. The van der Waals surface area contributed by atoms with Gasteiger partial charge in [-0.25, -0.2) is 18.4 Å². The second-order valence-corrected chi connectivity index (χ2v) is 14.8. The summed E-state index contributed by atoms with van der Waals surface area (Å²) in [6.07, 6.45) is 2.48. The zero-order valence-electron chi connectivity index (χ0n) is 33.7. The number of ether oxygens (including phenoxy) is 2. The highest BCUT2D eigenvalue weighted by molar-refractivity contribution is 5.76. The lowest BCUT2D eigenvalue weighted by molar-refractivity contribution is -0.122. The smallest absolute Gasteiger partial charge is 0.410 e. The normalized spacial score (nSPS) is 18.9. The first-order valence-corrected chi connectivity index (χ1v) is 20.0. The van der Waals surface area contributed by atoms with Gasteiger partial charge in [-0.15, -0.1) is 0 Å². The number of hydrogen-bond donors (Lipinski definition) is 2. The molecule has 4 aromatic carbocycles. The maximum atomic E-state index is 13.6. The fraction of sp³-hybridized carbons (Fsp3) is 0.391. The standard InChI is InChI=1S/2C23H27FN2O3/c2*1-3-22(27)25-19-11-12-26(23(28)29-15-17-7-5-4-6-8-17)21(14-19)20-10-9-18(24)13-16(20)2/h2*4-10,13,19,21H,3,11-12,14-15H2,1-2H3,(H,25,27)/t2*19-,21-/m10/s1. The van der Waals surface area contributed by atoms with Gasteiger partial charge in [-0.1, -0.05) is 86.6 Å². The van der Waals surface area contributed by atoms with Crippen molar-refractivity contribution in [2.45, 2.75) is 104 Å². The van der Waals surface area contributed by atoms with Crippen molar-refractivity contribution < 1.29 is 37.4 Å². The Morgan fingerprint density at radius 1 is 0.603 bits per heavy atom. The van der Waals surface area contributed by atoms with Gasteiger partial charge in [-0.05, 0) is 97.2 Å². The summed E-state index contributed by atoms with van der Waals surface area (Å²) in [6, 6.07) is 27.6. The van der Waals surface area contributed by atoms with Crippen LogP contribution in [0.1, 0.15) is 97.8 Å². The van der Waals surface area contributed by atoms with Crippen molar-refractivity contribution in [3.8, 4) is 0 Å². The van der Waals surface area contributed by atoms with E-state index in [0.717, 1.165) is 33.4 Å². The van der Waals surface area contributed by atoms with Gasteiger partial charge < -0.3 is 29.9 Å². The van der Waals surface area contributed by atoms with Gasteiger partial charge in [0.1, 0.15) is 24.8 Å². The maximum absolute atomic E-state index is 13.6. The third-order valence-electron chi connectivity index (χ3n) is 10.6. The monoisotopic (exact) mass is 796 g/mol. The highest BCUT2D eigenvalue weighted by atomic mass is 19.1. The lowest BCUT2D eigenvalue weighted by Gasteiger charge is -2.39. The van der Waals surface area contributed by atoms with Crippen LogP contribution in [0.15, 0.2) is 97.1 Å². The third-order valence-corrected chi connectivity index (χ3v) is 10.6. The summed E-state index contributed by atoms with van der Waals surface area (Å²) in [7, 11) is 0. The molecule has 2 heterocycles. The Bertz CT molecular complexity index is 1860. The van der Waals surface area contributed by atoms with Crippen LogP contribution in [-0.2, 0) is 32.3 Å². The molecule has 2 saturated heterocycles. The van der Waals surface area contributed by atoms with Crippen LogP contribution in [0.4, 0.5) is 18.4 Å². The number of carbonyl (C=O) groups is 4. The van der Waals surface area contributed by atoms with Crippen molar-refractivity contribution in [1.29, 1.82) is 0 Å². The van der Waals surface area contributed by atoms with Gasteiger partial charge in [-0.2, -0.15) is 0 Å². The second-order valence-electron chi connectivity index (χ2n) is 14.8. The molecule has 0 aromatic heterocycles. The summed E-state index contributed by atoms with van der Waals surface area (Å²) < 4.78 is 38.3. The Morgan fingerprint density at radius 2 is 0.983 bits per heavy atom. The molecule has 0 spiro atoms. The molecule has 0 unspecified atom stereocenters. The summed E-state index contributed by atoms with van der Waals surface area (Å²) in [5, 5.41) is 6.05. The first-order chi connectivity index (χ1) is 27.9. The number of piperidine rings is 2. The number of halogens is 2. The van der Waals surface area contributed by atoms with Crippen LogP contribution in [0.5, 0.6) is 0 Å². The van der Waals surface area contributed by atoms with Gasteiger partial charge in [0.05, 0.1) is 12.1 Å². The lowest BCUT2D eigenvalue weighted by atomic mass is 9.89. The molecular weight excluding hydrogens is 743 g/mol. The number of carbonyl (C=O) groups excluding carboxylic acids is 4. The van der Waals surface area contributed by atoms with E-state index >= 15 is 0 Å². The number of amides is 4. The molecule has 4 aromatic rings. The van der Waals surface area contributed by atoms with Crippen molar-refractivity contribution in [3.05, 3.63) is 142 Å². The van der Waals surface area contributed by atoms with E-state index in [2.05, 4.69) is 10.6 Å². The van der Waals surface area contributed by atoms with Crippen LogP contribution in [0.3, 0.4) is 0 Å². The topological polar surface area (TPSA) is 117 Å².